The van der Waals surface area contributed by atoms with Gasteiger partial charge in [0.1, 0.15) is 0 Å². The average molecular weight is 371 g/mol. The Morgan fingerprint density at radius 3 is 2.28 bits per heavy atom. The van der Waals surface area contributed by atoms with E-state index in [0.717, 1.165) is 6.92 Å². The van der Waals surface area contributed by atoms with Crippen LogP contribution in [-0.2, 0) is 9.59 Å². The van der Waals surface area contributed by atoms with Crippen LogP contribution in [0, 0.1) is 5.41 Å². The number of carbonyl (C=O) groups excluding carboxylic acids is 2. The van der Waals surface area contributed by atoms with Crippen molar-refractivity contribution in [2.45, 2.75) is 39.7 Å². The molecule has 7 nitrogen and oxygen atoms in total. The maximum absolute atomic E-state index is 12.2. The first-order valence-corrected chi connectivity index (χ1v) is 8.03. The molecule has 2 amide bonds. The number of halogens is 1. The van der Waals surface area contributed by atoms with Crippen molar-refractivity contribution in [2.75, 3.05) is 11.9 Å². The fourth-order valence-corrected chi connectivity index (χ4v) is 2.09. The third kappa shape index (κ3) is 6.72. The monoisotopic (exact) mass is 370 g/mol. The molecule has 0 bridgehead atoms. The first kappa shape index (κ1) is 20.9. The molecule has 0 saturated carbocycles. The molecule has 0 aromatic heterocycles. The zero-order valence-electron chi connectivity index (χ0n) is 14.6. The Morgan fingerprint density at radius 2 is 1.76 bits per heavy atom. The summed E-state index contributed by atoms with van der Waals surface area (Å²) in [6.45, 7) is 6.38. The molecule has 138 valence electrons. The molecule has 0 spiro atoms. The van der Waals surface area contributed by atoms with E-state index < -0.39 is 24.0 Å². The maximum atomic E-state index is 12.2. The molecule has 1 atom stereocenters. The molecular weight excluding hydrogens is 348 g/mol. The summed E-state index contributed by atoms with van der Waals surface area (Å²) in [5.41, 5.74) is -1.81. The lowest BCUT2D eigenvalue weighted by molar-refractivity contribution is -0.155. The van der Waals surface area contributed by atoms with Crippen molar-refractivity contribution in [3.63, 3.8) is 0 Å². The highest BCUT2D eigenvalue weighted by Crippen LogP contribution is 2.23. The van der Waals surface area contributed by atoms with Gasteiger partial charge >= 0.3 is 5.97 Å². The van der Waals surface area contributed by atoms with E-state index in [9.17, 15) is 19.5 Å². The van der Waals surface area contributed by atoms with Gasteiger partial charge in [0.25, 0.3) is 5.91 Å². The van der Waals surface area contributed by atoms with E-state index in [0.29, 0.717) is 12.1 Å². The molecule has 8 heteroatoms. The molecule has 25 heavy (non-hydrogen) atoms. The van der Waals surface area contributed by atoms with E-state index in [-0.39, 0.29) is 21.9 Å². The number of aliphatic carboxylic acids is 1. The predicted octanol–water partition coefficient (Wildman–Crippen LogP) is 2.28. The second kappa shape index (κ2) is 7.84. The number of benzene rings is 1. The van der Waals surface area contributed by atoms with Gasteiger partial charge in [-0.25, -0.2) is 4.79 Å². The molecule has 0 radical (unpaired) electrons. The summed E-state index contributed by atoms with van der Waals surface area (Å²) in [4.78, 5) is 35.0. The Kier molecular flexibility index (Phi) is 6.56. The lowest BCUT2D eigenvalue weighted by Crippen LogP contribution is -2.46. The standard InChI is InChI=1S/C17H23ClN2O5/c1-16(2,3)8-13(21)20-10-5-6-12(18)11(7-10)14(22)19-9-17(4,25)15(23)24/h5-7,25H,8-9H2,1-4H3,(H,19,22)(H,20,21)(H,23,24). The zero-order valence-corrected chi connectivity index (χ0v) is 15.4. The van der Waals surface area contributed by atoms with Crippen LogP contribution in [0.5, 0.6) is 0 Å². The number of hydrogen-bond donors (Lipinski definition) is 4. The SMILES string of the molecule is CC(C)(C)CC(=O)Nc1ccc(Cl)c(C(=O)NCC(C)(O)C(=O)O)c1. The largest absolute Gasteiger partial charge is 0.479 e. The van der Waals surface area contributed by atoms with Crippen LogP contribution in [0.3, 0.4) is 0 Å². The highest BCUT2D eigenvalue weighted by atomic mass is 35.5. The number of carbonyl (C=O) groups is 3. The smallest absolute Gasteiger partial charge is 0.337 e. The van der Waals surface area contributed by atoms with Crippen LogP contribution in [0.25, 0.3) is 0 Å². The lowest BCUT2D eigenvalue weighted by Gasteiger charge is -2.19. The van der Waals surface area contributed by atoms with E-state index >= 15 is 0 Å². The summed E-state index contributed by atoms with van der Waals surface area (Å²) >= 11 is 5.99. The van der Waals surface area contributed by atoms with Crippen LogP contribution in [0.2, 0.25) is 5.02 Å². The number of aliphatic hydroxyl groups is 1. The van der Waals surface area contributed by atoms with Gasteiger partial charge in [0.15, 0.2) is 5.60 Å². The van der Waals surface area contributed by atoms with Crippen molar-refractivity contribution >= 4 is 35.1 Å². The number of rotatable bonds is 6. The number of carboxylic acids is 1. The number of carboxylic acid groups (broad SMARTS) is 1. The summed E-state index contributed by atoms with van der Waals surface area (Å²) < 4.78 is 0. The molecule has 0 saturated heterocycles. The molecule has 4 N–H and O–H groups in total. The highest BCUT2D eigenvalue weighted by Gasteiger charge is 2.30. The van der Waals surface area contributed by atoms with E-state index in [1.807, 2.05) is 20.8 Å². The van der Waals surface area contributed by atoms with Gasteiger partial charge in [-0.3, -0.25) is 9.59 Å². The minimum Gasteiger partial charge on any atom is -0.479 e. The molecule has 0 aliphatic carbocycles. The second-order valence-corrected chi connectivity index (χ2v) is 7.65. The molecule has 1 rings (SSSR count). The van der Waals surface area contributed by atoms with Gasteiger partial charge in [-0.1, -0.05) is 32.4 Å². The minimum atomic E-state index is -2.10. The fraction of sp³-hybridized carbons (Fsp3) is 0.471. The van der Waals surface area contributed by atoms with Crippen molar-refractivity contribution in [3.8, 4) is 0 Å². The third-order valence-electron chi connectivity index (χ3n) is 3.24. The quantitative estimate of drug-likeness (QED) is 0.613. The molecule has 0 fully saturated rings. The van der Waals surface area contributed by atoms with E-state index in [1.54, 1.807) is 6.07 Å². The topological polar surface area (TPSA) is 116 Å². The van der Waals surface area contributed by atoms with Crippen LogP contribution in [0.4, 0.5) is 5.69 Å². The summed E-state index contributed by atoms with van der Waals surface area (Å²) in [6.07, 6.45) is 0.304. The van der Waals surface area contributed by atoms with Gasteiger partial charge in [-0.15, -0.1) is 0 Å². The molecule has 0 aliphatic heterocycles. The zero-order chi connectivity index (χ0) is 19.4. The van der Waals surface area contributed by atoms with Crippen molar-refractivity contribution in [1.29, 1.82) is 0 Å². The van der Waals surface area contributed by atoms with Crippen LogP contribution in [0.15, 0.2) is 18.2 Å². The highest BCUT2D eigenvalue weighted by molar-refractivity contribution is 6.34. The Balaban J connectivity index is 2.85. The average Bonchev–Trinajstić information content (AvgIpc) is 2.44. The van der Waals surface area contributed by atoms with Gasteiger partial charge < -0.3 is 20.8 Å². The van der Waals surface area contributed by atoms with Crippen molar-refractivity contribution in [3.05, 3.63) is 28.8 Å². The van der Waals surface area contributed by atoms with Gasteiger partial charge in [-0.05, 0) is 30.5 Å². The minimum absolute atomic E-state index is 0.0661. The van der Waals surface area contributed by atoms with Crippen LogP contribution >= 0.6 is 11.6 Å². The molecule has 1 aromatic carbocycles. The van der Waals surface area contributed by atoms with Gasteiger partial charge in [0.2, 0.25) is 5.91 Å². The van der Waals surface area contributed by atoms with E-state index in [4.69, 9.17) is 16.7 Å². The molecule has 1 unspecified atom stereocenters. The van der Waals surface area contributed by atoms with Gasteiger partial charge in [0.05, 0.1) is 17.1 Å². The number of anilines is 1. The summed E-state index contributed by atoms with van der Waals surface area (Å²) in [7, 11) is 0. The molecular formula is C17H23ClN2O5. The Labute approximate surface area is 151 Å². The van der Waals surface area contributed by atoms with E-state index in [1.165, 1.54) is 12.1 Å². The molecule has 0 aliphatic rings. The van der Waals surface area contributed by atoms with Gasteiger partial charge in [0, 0.05) is 12.1 Å². The summed E-state index contributed by atoms with van der Waals surface area (Å²) in [5, 5.41) is 23.6. The number of hydrogen-bond acceptors (Lipinski definition) is 4. The summed E-state index contributed by atoms with van der Waals surface area (Å²) in [5.74, 6) is -2.31. The van der Waals surface area contributed by atoms with Crippen LogP contribution < -0.4 is 10.6 Å². The number of nitrogens with one attached hydrogen (secondary N) is 2. The predicted molar refractivity (Wildman–Crippen MR) is 94.7 cm³/mol. The Hall–Kier alpha value is -2.12. The maximum Gasteiger partial charge on any atom is 0.337 e. The number of amides is 2. The van der Waals surface area contributed by atoms with Crippen molar-refractivity contribution < 1.29 is 24.6 Å². The lowest BCUT2D eigenvalue weighted by atomic mass is 9.92. The summed E-state index contributed by atoms with van der Waals surface area (Å²) in [6, 6.07) is 4.42. The van der Waals surface area contributed by atoms with Crippen LogP contribution in [-0.4, -0.2) is 40.1 Å². The third-order valence-corrected chi connectivity index (χ3v) is 3.57. The van der Waals surface area contributed by atoms with E-state index in [2.05, 4.69) is 10.6 Å². The molecule has 0 heterocycles. The normalized spacial score (nSPS) is 13.7. The van der Waals surface area contributed by atoms with Crippen molar-refractivity contribution in [1.82, 2.24) is 5.32 Å². The van der Waals surface area contributed by atoms with Crippen LogP contribution in [0.1, 0.15) is 44.5 Å². The molecule has 1 aromatic rings. The van der Waals surface area contributed by atoms with Crippen molar-refractivity contribution in [2.24, 2.45) is 5.41 Å². The second-order valence-electron chi connectivity index (χ2n) is 7.24. The fourth-order valence-electron chi connectivity index (χ4n) is 1.89. The Morgan fingerprint density at radius 1 is 1.16 bits per heavy atom. The van der Waals surface area contributed by atoms with Gasteiger partial charge in [-0.2, -0.15) is 0 Å². The first-order valence-electron chi connectivity index (χ1n) is 7.65. The first-order chi connectivity index (χ1) is 11.3. The Bertz CT molecular complexity index is 680.